The number of benzene rings is 2. The van der Waals surface area contributed by atoms with Gasteiger partial charge in [-0.05, 0) is 55.3 Å². The van der Waals surface area contributed by atoms with Gasteiger partial charge < -0.3 is 14.6 Å². The molecule has 1 aromatic heterocycles. The van der Waals surface area contributed by atoms with Gasteiger partial charge in [-0.15, -0.1) is 0 Å². The zero-order valence-electron chi connectivity index (χ0n) is 16.3. The number of aryl methyl sites for hydroxylation is 1. The monoisotopic (exact) mass is 448 g/mol. The van der Waals surface area contributed by atoms with E-state index >= 15 is 0 Å². The van der Waals surface area contributed by atoms with Gasteiger partial charge in [-0.2, -0.15) is 0 Å². The summed E-state index contributed by atoms with van der Waals surface area (Å²) >= 11 is 5.83. The average Bonchev–Trinajstić information content (AvgIpc) is 3.35. The fourth-order valence-electron chi connectivity index (χ4n) is 3.36. The van der Waals surface area contributed by atoms with E-state index in [0.717, 1.165) is 18.4 Å². The van der Waals surface area contributed by atoms with Gasteiger partial charge in [0.25, 0.3) is 10.0 Å². The van der Waals surface area contributed by atoms with Gasteiger partial charge in [-0.1, -0.05) is 11.6 Å². The normalized spacial score (nSPS) is 16.7. The highest BCUT2D eigenvalue weighted by Gasteiger charge is 2.23. The molecule has 2 N–H and O–H groups in total. The smallest absolute Gasteiger partial charge is 0.261 e. The van der Waals surface area contributed by atoms with E-state index in [1.165, 1.54) is 24.3 Å². The van der Waals surface area contributed by atoms with Crippen molar-refractivity contribution in [1.82, 2.24) is 14.9 Å². The summed E-state index contributed by atoms with van der Waals surface area (Å²) in [5, 5.41) is 3.31. The Morgan fingerprint density at radius 1 is 1.27 bits per heavy atom. The number of imidazole rings is 1. The van der Waals surface area contributed by atoms with Gasteiger partial charge in [0, 0.05) is 18.7 Å². The molecule has 0 unspecified atom stereocenters. The van der Waals surface area contributed by atoms with Crippen LogP contribution in [0.3, 0.4) is 0 Å². The van der Waals surface area contributed by atoms with Crippen molar-refractivity contribution in [3.8, 4) is 0 Å². The number of ether oxygens (including phenoxy) is 1. The molecule has 0 radical (unpaired) electrons. The molecule has 1 aliphatic rings. The van der Waals surface area contributed by atoms with Crippen LogP contribution < -0.4 is 10.0 Å². The van der Waals surface area contributed by atoms with Crippen LogP contribution in [0.25, 0.3) is 11.0 Å². The summed E-state index contributed by atoms with van der Waals surface area (Å²) in [6, 6.07) is 11.1. The Kier molecular flexibility index (Phi) is 5.68. The molecule has 0 bridgehead atoms. The number of fused-ring (bicyclic) bond motifs is 1. The maximum atomic E-state index is 12.6. The minimum atomic E-state index is -3.75. The van der Waals surface area contributed by atoms with E-state index in [0.29, 0.717) is 28.7 Å². The van der Waals surface area contributed by atoms with E-state index < -0.39 is 16.1 Å². The zero-order chi connectivity index (χ0) is 21.3. The molecular weight excluding hydrogens is 428 g/mol. The number of nitrogens with one attached hydrogen (secondary N) is 2. The SMILES string of the molecule is Cn1c(CNC(=O)[C@H]2CCCO2)nc2cc(NS(=O)(=O)c3ccc(Cl)cc3)ccc21. The third kappa shape index (κ3) is 4.28. The number of sulfonamides is 1. The van der Waals surface area contributed by atoms with Crippen molar-refractivity contribution in [1.29, 1.82) is 0 Å². The average molecular weight is 449 g/mol. The molecule has 0 aliphatic carbocycles. The molecule has 1 amide bonds. The van der Waals surface area contributed by atoms with Crippen LogP contribution >= 0.6 is 11.6 Å². The van der Waals surface area contributed by atoms with Gasteiger partial charge in [0.15, 0.2) is 0 Å². The molecule has 1 atom stereocenters. The number of carbonyl (C=O) groups is 1. The van der Waals surface area contributed by atoms with Gasteiger partial charge in [0.2, 0.25) is 5.91 Å². The minimum Gasteiger partial charge on any atom is -0.368 e. The van der Waals surface area contributed by atoms with Gasteiger partial charge >= 0.3 is 0 Å². The molecule has 10 heteroatoms. The molecule has 1 aliphatic heterocycles. The maximum absolute atomic E-state index is 12.6. The van der Waals surface area contributed by atoms with Crippen LogP contribution in [0.2, 0.25) is 5.02 Å². The molecule has 2 heterocycles. The molecule has 1 saturated heterocycles. The summed E-state index contributed by atoms with van der Waals surface area (Å²) in [4.78, 5) is 16.8. The second kappa shape index (κ2) is 8.25. The number of anilines is 1. The molecule has 8 nitrogen and oxygen atoms in total. The van der Waals surface area contributed by atoms with Crippen LogP contribution in [0.15, 0.2) is 47.4 Å². The van der Waals surface area contributed by atoms with Crippen LogP contribution in [0.5, 0.6) is 0 Å². The van der Waals surface area contributed by atoms with Crippen molar-refractivity contribution in [2.75, 3.05) is 11.3 Å². The first-order valence-corrected chi connectivity index (χ1v) is 11.3. The summed E-state index contributed by atoms with van der Waals surface area (Å²) in [5.74, 6) is 0.519. The third-order valence-electron chi connectivity index (χ3n) is 4.99. The number of hydrogen-bond donors (Lipinski definition) is 2. The number of amides is 1. The van der Waals surface area contributed by atoms with Gasteiger partial charge in [-0.3, -0.25) is 9.52 Å². The predicted octanol–water partition coefficient (Wildman–Crippen LogP) is 2.82. The largest absolute Gasteiger partial charge is 0.368 e. The van der Waals surface area contributed by atoms with E-state index in [9.17, 15) is 13.2 Å². The zero-order valence-corrected chi connectivity index (χ0v) is 17.8. The number of nitrogens with zero attached hydrogens (tertiary/aromatic N) is 2. The van der Waals surface area contributed by atoms with Crippen molar-refractivity contribution >= 4 is 44.3 Å². The van der Waals surface area contributed by atoms with E-state index in [1.54, 1.807) is 18.2 Å². The van der Waals surface area contributed by atoms with Crippen LogP contribution in [-0.2, 0) is 33.1 Å². The maximum Gasteiger partial charge on any atom is 0.261 e. The first-order valence-electron chi connectivity index (χ1n) is 9.46. The van der Waals surface area contributed by atoms with E-state index in [1.807, 2.05) is 11.6 Å². The topological polar surface area (TPSA) is 102 Å². The van der Waals surface area contributed by atoms with Crippen molar-refractivity contribution < 1.29 is 17.9 Å². The van der Waals surface area contributed by atoms with Crippen molar-refractivity contribution in [2.45, 2.75) is 30.4 Å². The highest BCUT2D eigenvalue weighted by molar-refractivity contribution is 7.92. The first kappa shape index (κ1) is 20.6. The van der Waals surface area contributed by atoms with Crippen LogP contribution in [0, 0.1) is 0 Å². The Labute approximate surface area is 179 Å². The Morgan fingerprint density at radius 2 is 2.03 bits per heavy atom. The van der Waals surface area contributed by atoms with Crippen LogP contribution in [-0.4, -0.2) is 36.6 Å². The van der Waals surface area contributed by atoms with Gasteiger partial charge in [0.1, 0.15) is 11.9 Å². The molecule has 0 spiro atoms. The number of rotatable bonds is 6. The molecule has 3 aromatic rings. The lowest BCUT2D eigenvalue weighted by molar-refractivity contribution is -0.130. The minimum absolute atomic E-state index is 0.116. The predicted molar refractivity (Wildman–Crippen MR) is 114 cm³/mol. The number of aromatic nitrogens is 2. The molecule has 4 rings (SSSR count). The molecule has 2 aromatic carbocycles. The van der Waals surface area contributed by atoms with Gasteiger partial charge in [-0.25, -0.2) is 13.4 Å². The summed E-state index contributed by atoms with van der Waals surface area (Å²) in [7, 11) is -1.90. The van der Waals surface area contributed by atoms with Gasteiger partial charge in [0.05, 0.1) is 28.2 Å². The molecule has 1 fully saturated rings. The summed E-state index contributed by atoms with van der Waals surface area (Å²) < 4.78 is 35.0. The van der Waals surface area contributed by atoms with Crippen LogP contribution in [0.4, 0.5) is 5.69 Å². The summed E-state index contributed by atoms with van der Waals surface area (Å²) in [5.41, 5.74) is 1.84. The Hall–Kier alpha value is -2.62. The molecule has 30 heavy (non-hydrogen) atoms. The molecular formula is C20H21ClN4O4S. The fraction of sp³-hybridized carbons (Fsp3) is 0.300. The third-order valence-corrected chi connectivity index (χ3v) is 6.64. The van der Waals surface area contributed by atoms with Crippen molar-refractivity contribution in [3.63, 3.8) is 0 Å². The quantitative estimate of drug-likeness (QED) is 0.603. The summed E-state index contributed by atoms with van der Waals surface area (Å²) in [6.07, 6.45) is 1.22. The Morgan fingerprint density at radius 3 is 2.73 bits per heavy atom. The molecule has 0 saturated carbocycles. The lowest BCUT2D eigenvalue weighted by Gasteiger charge is -2.10. The molecule has 158 valence electrons. The summed E-state index contributed by atoms with van der Waals surface area (Å²) in [6.45, 7) is 0.870. The Balaban J connectivity index is 1.51. The number of carbonyl (C=O) groups excluding carboxylic acids is 1. The number of hydrogen-bond acceptors (Lipinski definition) is 5. The van der Waals surface area contributed by atoms with Crippen molar-refractivity contribution in [3.05, 3.63) is 53.3 Å². The highest BCUT2D eigenvalue weighted by atomic mass is 35.5. The number of halogens is 1. The van der Waals surface area contributed by atoms with E-state index in [-0.39, 0.29) is 17.3 Å². The second-order valence-corrected chi connectivity index (χ2v) is 9.19. The highest BCUT2D eigenvalue weighted by Crippen LogP contribution is 2.23. The van der Waals surface area contributed by atoms with E-state index in [2.05, 4.69) is 15.0 Å². The van der Waals surface area contributed by atoms with Crippen molar-refractivity contribution in [2.24, 2.45) is 7.05 Å². The van der Waals surface area contributed by atoms with Crippen LogP contribution in [0.1, 0.15) is 18.7 Å². The standard InChI is InChI=1S/C20H21ClN4O4S/c1-25-17-9-6-14(24-30(27,28)15-7-4-13(21)5-8-15)11-16(17)23-19(25)12-22-20(26)18-3-2-10-29-18/h4-9,11,18,24H,2-3,10,12H2,1H3,(H,22,26)/t18-/m1/s1. The Bertz CT molecular complexity index is 1190. The second-order valence-electron chi connectivity index (χ2n) is 7.07. The first-order chi connectivity index (χ1) is 14.3. The van der Waals surface area contributed by atoms with E-state index in [4.69, 9.17) is 16.3 Å². The lowest BCUT2D eigenvalue weighted by Crippen LogP contribution is -2.34. The lowest BCUT2D eigenvalue weighted by atomic mass is 10.2. The fourth-order valence-corrected chi connectivity index (χ4v) is 4.54.